The van der Waals surface area contributed by atoms with Gasteiger partial charge in [-0.3, -0.25) is 4.79 Å². The number of carbonyl (C=O) groups excluding carboxylic acids is 1. The zero-order valence-electron chi connectivity index (χ0n) is 13.2. The molecule has 0 bridgehead atoms. The van der Waals surface area contributed by atoms with Gasteiger partial charge in [0, 0.05) is 23.3 Å². The van der Waals surface area contributed by atoms with Crippen molar-refractivity contribution in [3.63, 3.8) is 0 Å². The van der Waals surface area contributed by atoms with Gasteiger partial charge in [0.1, 0.15) is 5.69 Å². The van der Waals surface area contributed by atoms with Gasteiger partial charge in [-0.1, -0.05) is 48.0 Å². The van der Waals surface area contributed by atoms with Crippen LogP contribution in [0.2, 0.25) is 5.02 Å². The van der Waals surface area contributed by atoms with Gasteiger partial charge in [0.2, 0.25) is 0 Å². The summed E-state index contributed by atoms with van der Waals surface area (Å²) in [6.45, 7) is 1.80. The Morgan fingerprint density at radius 2 is 1.83 bits per heavy atom. The molecule has 0 aliphatic heterocycles. The van der Waals surface area contributed by atoms with Crippen LogP contribution in [0.3, 0.4) is 0 Å². The number of rotatable bonds is 3. The fraction of sp³-hybridized carbons (Fsp3) is 0.111. The van der Waals surface area contributed by atoms with Crippen molar-refractivity contribution in [1.29, 1.82) is 0 Å². The minimum Gasteiger partial charge on any atom is -0.335 e. The fourth-order valence-electron chi connectivity index (χ4n) is 2.52. The summed E-state index contributed by atoms with van der Waals surface area (Å²) in [5.74, 6) is -0.534. The Labute approximate surface area is 143 Å². The molecule has 6 heteroatoms. The van der Waals surface area contributed by atoms with Crippen LogP contribution in [0, 0.1) is 6.92 Å². The predicted octanol–water partition coefficient (Wildman–Crippen LogP) is 3.86. The van der Waals surface area contributed by atoms with Crippen molar-refractivity contribution in [3.8, 4) is 11.3 Å². The van der Waals surface area contributed by atoms with Crippen LogP contribution in [0.15, 0.2) is 57.8 Å². The minimum absolute atomic E-state index is 0.0388. The van der Waals surface area contributed by atoms with E-state index in [1.807, 2.05) is 30.3 Å². The smallest absolute Gasteiger partial charge is 0.335 e. The van der Waals surface area contributed by atoms with Gasteiger partial charge in [-0.15, -0.1) is 0 Å². The van der Waals surface area contributed by atoms with Gasteiger partial charge < -0.3 is 9.84 Å². The summed E-state index contributed by atoms with van der Waals surface area (Å²) >= 11 is 6.07. The molecule has 0 saturated heterocycles. The van der Waals surface area contributed by atoms with Gasteiger partial charge in [0.25, 0.3) is 5.91 Å². The molecule has 3 aromatic rings. The van der Waals surface area contributed by atoms with Gasteiger partial charge in [-0.25, -0.2) is 9.53 Å². The highest BCUT2D eigenvalue weighted by Gasteiger charge is 2.24. The summed E-state index contributed by atoms with van der Waals surface area (Å²) in [4.78, 5) is 24.8. The molecule has 1 heterocycles. The zero-order valence-corrected chi connectivity index (χ0v) is 13.9. The Hall–Kier alpha value is -2.79. The summed E-state index contributed by atoms with van der Waals surface area (Å²) in [7, 11) is 1.59. The lowest BCUT2D eigenvalue weighted by atomic mass is 10.1. The van der Waals surface area contributed by atoms with E-state index in [0.717, 1.165) is 11.1 Å². The summed E-state index contributed by atoms with van der Waals surface area (Å²) in [5.41, 5.74) is 1.71. The highest BCUT2D eigenvalue weighted by Crippen LogP contribution is 2.25. The lowest BCUT2D eigenvalue weighted by molar-refractivity contribution is 0.102. The molecule has 0 fully saturated rings. The molecule has 0 spiro atoms. The molecule has 0 aliphatic carbocycles. The summed E-state index contributed by atoms with van der Waals surface area (Å²) in [6, 6.07) is 14.3. The van der Waals surface area contributed by atoms with Gasteiger partial charge in [0.05, 0.1) is 0 Å². The first-order valence-electron chi connectivity index (χ1n) is 7.31. The van der Waals surface area contributed by atoms with E-state index < -0.39 is 11.5 Å². The second-order valence-electron chi connectivity index (χ2n) is 5.33. The van der Waals surface area contributed by atoms with Crippen LogP contribution in [0.1, 0.15) is 15.9 Å². The van der Waals surface area contributed by atoms with E-state index >= 15 is 0 Å². The summed E-state index contributed by atoms with van der Waals surface area (Å²) in [6.07, 6.45) is 0. The first-order chi connectivity index (χ1) is 11.5. The van der Waals surface area contributed by atoms with Crippen LogP contribution in [-0.2, 0) is 7.05 Å². The topological polar surface area (TPSA) is 64.2 Å². The molecule has 0 radical (unpaired) electrons. The van der Waals surface area contributed by atoms with Crippen molar-refractivity contribution >= 4 is 23.2 Å². The van der Waals surface area contributed by atoms with E-state index in [2.05, 4.69) is 5.32 Å². The molecule has 1 aromatic heterocycles. The van der Waals surface area contributed by atoms with E-state index in [0.29, 0.717) is 16.4 Å². The highest BCUT2D eigenvalue weighted by molar-refractivity contribution is 6.31. The monoisotopic (exact) mass is 342 g/mol. The highest BCUT2D eigenvalue weighted by atomic mass is 35.5. The Balaban J connectivity index is 2.05. The van der Waals surface area contributed by atoms with E-state index in [9.17, 15) is 9.59 Å². The number of nitrogens with one attached hydrogen (secondary N) is 1. The Morgan fingerprint density at radius 3 is 2.54 bits per heavy atom. The molecule has 2 aromatic carbocycles. The van der Waals surface area contributed by atoms with Crippen molar-refractivity contribution in [2.75, 3.05) is 5.32 Å². The minimum atomic E-state index is -0.687. The van der Waals surface area contributed by atoms with Crippen LogP contribution in [0.25, 0.3) is 11.3 Å². The number of benzene rings is 2. The van der Waals surface area contributed by atoms with Crippen molar-refractivity contribution in [2.45, 2.75) is 6.92 Å². The molecular formula is C18H15ClN2O3. The number of carbonyl (C=O) groups is 1. The quantitative estimate of drug-likeness (QED) is 0.786. The van der Waals surface area contributed by atoms with E-state index in [-0.39, 0.29) is 5.56 Å². The molecule has 0 unspecified atom stereocenters. The van der Waals surface area contributed by atoms with Gasteiger partial charge in [-0.2, -0.15) is 0 Å². The lowest BCUT2D eigenvalue weighted by Gasteiger charge is -2.09. The molecule has 0 atom stereocenters. The molecule has 24 heavy (non-hydrogen) atoms. The third-order valence-corrected chi connectivity index (χ3v) is 4.18. The Bertz CT molecular complexity index is 958. The van der Waals surface area contributed by atoms with Crippen LogP contribution < -0.4 is 10.9 Å². The van der Waals surface area contributed by atoms with Gasteiger partial charge in [0.15, 0.2) is 5.56 Å². The maximum absolute atomic E-state index is 12.7. The number of aryl methyl sites for hydroxylation is 1. The summed E-state index contributed by atoms with van der Waals surface area (Å²) in [5, 5.41) is 3.27. The summed E-state index contributed by atoms with van der Waals surface area (Å²) < 4.78 is 6.39. The molecule has 1 N–H and O–H groups in total. The van der Waals surface area contributed by atoms with Crippen LogP contribution in [-0.4, -0.2) is 10.6 Å². The zero-order chi connectivity index (χ0) is 17.3. The van der Waals surface area contributed by atoms with Crippen LogP contribution in [0.4, 0.5) is 5.69 Å². The first kappa shape index (κ1) is 16.1. The third kappa shape index (κ3) is 2.86. The number of hydrogen-bond acceptors (Lipinski definition) is 3. The molecule has 5 nitrogen and oxygen atoms in total. The van der Waals surface area contributed by atoms with E-state index in [1.54, 1.807) is 32.2 Å². The number of halogens is 1. The lowest BCUT2D eigenvalue weighted by Crippen LogP contribution is -2.19. The Morgan fingerprint density at radius 1 is 1.12 bits per heavy atom. The van der Waals surface area contributed by atoms with Crippen molar-refractivity contribution < 1.29 is 9.32 Å². The normalized spacial score (nSPS) is 10.6. The molecule has 3 rings (SSSR count). The molecular weight excluding hydrogens is 328 g/mol. The maximum atomic E-state index is 12.7. The maximum Gasteiger partial charge on any atom is 0.370 e. The average molecular weight is 343 g/mol. The van der Waals surface area contributed by atoms with Crippen LogP contribution in [0.5, 0.6) is 0 Å². The fourth-order valence-corrected chi connectivity index (χ4v) is 2.69. The predicted molar refractivity (Wildman–Crippen MR) is 93.5 cm³/mol. The van der Waals surface area contributed by atoms with E-state index in [1.165, 1.54) is 4.74 Å². The first-order valence-corrected chi connectivity index (χ1v) is 7.69. The molecule has 0 aliphatic rings. The SMILES string of the molecule is Cc1c(Cl)cccc1NC(=O)c1c(-c2ccccc2)n(C)oc1=O. The average Bonchev–Trinajstić information content (AvgIpc) is 2.87. The molecule has 1 amide bonds. The second-order valence-corrected chi connectivity index (χ2v) is 5.74. The van der Waals surface area contributed by atoms with Gasteiger partial charge in [-0.05, 0) is 24.6 Å². The number of nitrogens with zero attached hydrogens (tertiary/aromatic N) is 1. The number of aromatic nitrogens is 1. The second kappa shape index (κ2) is 6.37. The molecule has 122 valence electrons. The van der Waals surface area contributed by atoms with E-state index in [4.69, 9.17) is 16.1 Å². The van der Waals surface area contributed by atoms with Crippen molar-refractivity contribution in [1.82, 2.24) is 4.74 Å². The van der Waals surface area contributed by atoms with Crippen molar-refractivity contribution in [2.24, 2.45) is 7.05 Å². The van der Waals surface area contributed by atoms with Crippen LogP contribution >= 0.6 is 11.6 Å². The number of hydrogen-bond donors (Lipinski definition) is 1. The molecule has 0 saturated carbocycles. The van der Waals surface area contributed by atoms with Gasteiger partial charge >= 0.3 is 5.63 Å². The standard InChI is InChI=1S/C18H15ClN2O3/c1-11-13(19)9-6-10-14(11)20-17(22)15-16(21(2)24-18(15)23)12-7-4-3-5-8-12/h3-10H,1-2H3,(H,20,22). The number of anilines is 1. The van der Waals surface area contributed by atoms with Crippen molar-refractivity contribution in [3.05, 3.63) is 75.1 Å². The third-order valence-electron chi connectivity index (χ3n) is 3.77. The number of amides is 1. The Kier molecular flexibility index (Phi) is 4.27. The largest absolute Gasteiger partial charge is 0.370 e.